The summed E-state index contributed by atoms with van der Waals surface area (Å²) in [5.74, 6) is 0. The number of hydrogen-bond acceptors (Lipinski definition) is 3. The van der Waals surface area contributed by atoms with Crippen LogP contribution in [0.2, 0.25) is 0 Å². The summed E-state index contributed by atoms with van der Waals surface area (Å²) in [7, 11) is 6.54. The second-order valence-corrected chi connectivity index (χ2v) is 6.32. The van der Waals surface area contributed by atoms with Crippen LogP contribution in [0, 0.1) is 0 Å². The van der Waals surface area contributed by atoms with Gasteiger partial charge >= 0.3 is 0 Å². The zero-order valence-corrected chi connectivity index (χ0v) is 13.5. The number of aromatic nitrogens is 2. The molecule has 1 aliphatic carbocycles. The van der Waals surface area contributed by atoms with E-state index in [1.54, 1.807) is 0 Å². The normalized spacial score (nSPS) is 20.2. The van der Waals surface area contributed by atoms with Crippen LogP contribution in [0.1, 0.15) is 57.1 Å². The fourth-order valence-electron chi connectivity index (χ4n) is 3.78. The molecule has 2 rings (SSSR count). The quantitative estimate of drug-likeness (QED) is 0.868. The maximum absolute atomic E-state index is 4.52. The van der Waals surface area contributed by atoms with Crippen LogP contribution in [0.25, 0.3) is 0 Å². The molecule has 1 unspecified atom stereocenters. The lowest BCUT2D eigenvalue weighted by molar-refractivity contribution is 0.0594. The van der Waals surface area contributed by atoms with Gasteiger partial charge in [-0.3, -0.25) is 4.68 Å². The molecule has 20 heavy (non-hydrogen) atoms. The molecule has 1 aliphatic rings. The van der Waals surface area contributed by atoms with Crippen molar-refractivity contribution in [2.45, 2.75) is 63.6 Å². The monoisotopic (exact) mass is 278 g/mol. The molecule has 1 aromatic heterocycles. The van der Waals surface area contributed by atoms with Gasteiger partial charge in [-0.2, -0.15) is 5.10 Å². The standard InChI is InChI=1S/C16H30N4/c1-5-11-20-13-14(12-18-20)15(17-2)16(19(3)4)9-7-6-8-10-16/h12-13,15,17H,5-11H2,1-4H3. The van der Waals surface area contributed by atoms with Crippen molar-refractivity contribution >= 4 is 0 Å². The molecule has 0 amide bonds. The first-order chi connectivity index (χ1) is 9.64. The Morgan fingerprint density at radius 2 is 2.05 bits per heavy atom. The molecule has 1 fully saturated rings. The number of likely N-dealkylation sites (N-methyl/N-ethyl adjacent to an activating group) is 2. The van der Waals surface area contributed by atoms with Crippen LogP contribution >= 0.6 is 0 Å². The summed E-state index contributed by atoms with van der Waals surface area (Å²) in [6, 6.07) is 0.364. The first-order valence-corrected chi connectivity index (χ1v) is 8.01. The van der Waals surface area contributed by atoms with Crippen LogP contribution in [0.3, 0.4) is 0 Å². The van der Waals surface area contributed by atoms with Gasteiger partial charge < -0.3 is 10.2 Å². The molecule has 0 bridgehead atoms. The van der Waals surface area contributed by atoms with Gasteiger partial charge in [-0.05, 0) is 40.4 Å². The topological polar surface area (TPSA) is 33.1 Å². The molecule has 4 nitrogen and oxygen atoms in total. The van der Waals surface area contributed by atoms with Gasteiger partial charge in [0, 0.05) is 23.8 Å². The van der Waals surface area contributed by atoms with Crippen molar-refractivity contribution in [3.05, 3.63) is 18.0 Å². The highest BCUT2D eigenvalue weighted by Crippen LogP contribution is 2.41. The Morgan fingerprint density at radius 3 is 2.60 bits per heavy atom. The summed E-state index contributed by atoms with van der Waals surface area (Å²) < 4.78 is 2.08. The van der Waals surface area contributed by atoms with Gasteiger partial charge in [-0.15, -0.1) is 0 Å². The zero-order valence-electron chi connectivity index (χ0n) is 13.5. The fourth-order valence-corrected chi connectivity index (χ4v) is 3.78. The molecular weight excluding hydrogens is 248 g/mol. The van der Waals surface area contributed by atoms with Gasteiger partial charge in [0.1, 0.15) is 0 Å². The molecule has 0 aromatic carbocycles. The highest BCUT2D eigenvalue weighted by molar-refractivity contribution is 5.18. The highest BCUT2D eigenvalue weighted by Gasteiger charge is 2.42. The van der Waals surface area contributed by atoms with Gasteiger partial charge in [0.2, 0.25) is 0 Å². The number of rotatable bonds is 6. The molecular formula is C16H30N4. The van der Waals surface area contributed by atoms with Crippen LogP contribution in [0.4, 0.5) is 0 Å². The van der Waals surface area contributed by atoms with Crippen molar-refractivity contribution in [2.75, 3.05) is 21.1 Å². The maximum atomic E-state index is 4.52. The van der Waals surface area contributed by atoms with Crippen molar-refractivity contribution in [3.8, 4) is 0 Å². The summed E-state index contributed by atoms with van der Waals surface area (Å²) in [6.07, 6.45) is 12.0. The molecule has 1 saturated carbocycles. The van der Waals surface area contributed by atoms with E-state index < -0.39 is 0 Å². The molecule has 114 valence electrons. The smallest absolute Gasteiger partial charge is 0.0538 e. The Bertz CT molecular complexity index is 404. The Hall–Kier alpha value is -0.870. The first-order valence-electron chi connectivity index (χ1n) is 8.01. The van der Waals surface area contributed by atoms with E-state index in [-0.39, 0.29) is 5.54 Å². The van der Waals surface area contributed by atoms with E-state index in [9.17, 15) is 0 Å². The van der Waals surface area contributed by atoms with E-state index in [4.69, 9.17) is 0 Å². The van der Waals surface area contributed by atoms with Crippen molar-refractivity contribution < 1.29 is 0 Å². The van der Waals surface area contributed by atoms with E-state index >= 15 is 0 Å². The van der Waals surface area contributed by atoms with Gasteiger partial charge in [0.05, 0.1) is 12.2 Å². The van der Waals surface area contributed by atoms with Crippen molar-refractivity contribution in [3.63, 3.8) is 0 Å². The van der Waals surface area contributed by atoms with Crippen molar-refractivity contribution in [2.24, 2.45) is 0 Å². The van der Waals surface area contributed by atoms with Gasteiger partial charge in [0.25, 0.3) is 0 Å². The molecule has 1 aromatic rings. The predicted octanol–water partition coefficient (Wildman–Crippen LogP) is 2.82. The molecule has 1 atom stereocenters. The lowest BCUT2D eigenvalue weighted by Gasteiger charge is -2.48. The minimum atomic E-state index is 0.229. The fraction of sp³-hybridized carbons (Fsp3) is 0.812. The first kappa shape index (κ1) is 15.5. The number of hydrogen-bond donors (Lipinski definition) is 1. The van der Waals surface area contributed by atoms with Crippen LogP contribution in [-0.4, -0.2) is 41.4 Å². The second kappa shape index (κ2) is 6.72. The van der Waals surface area contributed by atoms with Gasteiger partial charge in [0.15, 0.2) is 0 Å². The van der Waals surface area contributed by atoms with E-state index in [1.807, 2.05) is 0 Å². The highest BCUT2D eigenvalue weighted by atomic mass is 15.3. The number of nitrogens with zero attached hydrogens (tertiary/aromatic N) is 3. The summed E-state index contributed by atoms with van der Waals surface area (Å²) in [6.45, 7) is 3.20. The Morgan fingerprint density at radius 1 is 1.35 bits per heavy atom. The van der Waals surface area contributed by atoms with E-state index in [0.717, 1.165) is 13.0 Å². The molecule has 0 spiro atoms. The summed E-state index contributed by atoms with van der Waals surface area (Å²) >= 11 is 0. The SMILES string of the molecule is CCCn1cc(C(NC)C2(N(C)C)CCCCC2)cn1. The molecule has 0 aliphatic heterocycles. The summed E-state index contributed by atoms with van der Waals surface area (Å²) in [5.41, 5.74) is 1.56. The third-order valence-electron chi connectivity index (χ3n) is 4.88. The molecule has 0 saturated heterocycles. The number of nitrogens with one attached hydrogen (secondary N) is 1. The zero-order chi connectivity index (χ0) is 14.6. The molecule has 0 radical (unpaired) electrons. The molecule has 4 heteroatoms. The van der Waals surface area contributed by atoms with Gasteiger partial charge in [-0.25, -0.2) is 0 Å². The lowest BCUT2D eigenvalue weighted by atomic mass is 9.73. The lowest BCUT2D eigenvalue weighted by Crippen LogP contribution is -2.54. The summed E-state index contributed by atoms with van der Waals surface area (Å²) in [4.78, 5) is 2.44. The summed E-state index contributed by atoms with van der Waals surface area (Å²) in [5, 5.41) is 8.09. The minimum absolute atomic E-state index is 0.229. The van der Waals surface area contributed by atoms with E-state index in [1.165, 1.54) is 37.7 Å². The van der Waals surface area contributed by atoms with Crippen LogP contribution < -0.4 is 5.32 Å². The van der Waals surface area contributed by atoms with E-state index in [0.29, 0.717) is 6.04 Å². The molecule has 1 N–H and O–H groups in total. The Kier molecular flexibility index (Phi) is 5.22. The van der Waals surface area contributed by atoms with Crippen molar-refractivity contribution in [1.29, 1.82) is 0 Å². The minimum Gasteiger partial charge on any atom is -0.311 e. The Balaban J connectivity index is 2.27. The second-order valence-electron chi connectivity index (χ2n) is 6.32. The third-order valence-corrected chi connectivity index (χ3v) is 4.88. The molecule has 1 heterocycles. The maximum Gasteiger partial charge on any atom is 0.0538 e. The van der Waals surface area contributed by atoms with Crippen molar-refractivity contribution in [1.82, 2.24) is 20.0 Å². The average molecular weight is 278 g/mol. The average Bonchev–Trinajstić information content (AvgIpc) is 2.89. The van der Waals surface area contributed by atoms with Crippen LogP contribution in [0.5, 0.6) is 0 Å². The van der Waals surface area contributed by atoms with Gasteiger partial charge in [-0.1, -0.05) is 26.2 Å². The largest absolute Gasteiger partial charge is 0.311 e. The third kappa shape index (κ3) is 2.91. The van der Waals surface area contributed by atoms with E-state index in [2.05, 4.69) is 60.5 Å². The van der Waals surface area contributed by atoms with Crippen LogP contribution in [0.15, 0.2) is 12.4 Å². The number of aryl methyl sites for hydroxylation is 1. The van der Waals surface area contributed by atoms with Crippen LogP contribution in [-0.2, 0) is 6.54 Å². The predicted molar refractivity (Wildman–Crippen MR) is 83.8 cm³/mol. The Labute approximate surface area is 123 Å².